The number of benzene rings is 1. The Morgan fingerprint density at radius 2 is 2.00 bits per heavy atom. The van der Waals surface area contributed by atoms with Crippen molar-refractivity contribution in [2.75, 3.05) is 7.11 Å². The highest BCUT2D eigenvalue weighted by Crippen LogP contribution is 2.35. The molecule has 5 rings (SSSR count). The Labute approximate surface area is 143 Å². The zero-order chi connectivity index (χ0) is 17.1. The first-order chi connectivity index (χ1) is 12.2. The molecular formula is C19H17N5O. The molecule has 0 aliphatic carbocycles. The number of methoxy groups -OCH3 is 1. The molecule has 0 saturated carbocycles. The third-order valence-electron chi connectivity index (χ3n) is 4.79. The van der Waals surface area contributed by atoms with E-state index in [9.17, 15) is 0 Å². The van der Waals surface area contributed by atoms with Crippen molar-refractivity contribution >= 4 is 27.6 Å². The summed E-state index contributed by atoms with van der Waals surface area (Å²) in [6.45, 7) is 2.02. The molecule has 4 aromatic heterocycles. The molecule has 5 aromatic rings. The lowest BCUT2D eigenvalue weighted by atomic mass is 10.1. The smallest absolute Gasteiger partial charge is 0.154 e. The molecule has 1 aromatic carbocycles. The van der Waals surface area contributed by atoms with E-state index in [4.69, 9.17) is 9.72 Å². The highest BCUT2D eigenvalue weighted by molar-refractivity contribution is 6.00. The van der Waals surface area contributed by atoms with Crippen molar-refractivity contribution in [3.63, 3.8) is 0 Å². The van der Waals surface area contributed by atoms with Crippen LogP contribution in [-0.4, -0.2) is 31.0 Å². The molecule has 4 heterocycles. The van der Waals surface area contributed by atoms with E-state index in [2.05, 4.69) is 37.3 Å². The molecule has 0 aliphatic rings. The van der Waals surface area contributed by atoms with Gasteiger partial charge in [-0.2, -0.15) is 0 Å². The van der Waals surface area contributed by atoms with Crippen LogP contribution in [0.3, 0.4) is 0 Å². The van der Waals surface area contributed by atoms with Gasteiger partial charge in [-0.3, -0.25) is 4.40 Å². The number of aromatic amines is 1. The van der Waals surface area contributed by atoms with Crippen LogP contribution >= 0.6 is 0 Å². The molecule has 0 amide bonds. The Morgan fingerprint density at radius 3 is 2.84 bits per heavy atom. The predicted molar refractivity (Wildman–Crippen MR) is 98.0 cm³/mol. The minimum Gasteiger partial charge on any atom is -0.497 e. The van der Waals surface area contributed by atoms with Crippen molar-refractivity contribution in [1.82, 2.24) is 23.9 Å². The number of nitrogens with zero attached hydrogens (tertiary/aromatic N) is 4. The predicted octanol–water partition coefficient (Wildman–Crippen LogP) is 3.69. The molecule has 0 spiro atoms. The van der Waals surface area contributed by atoms with Gasteiger partial charge in [-0.15, -0.1) is 0 Å². The first-order valence-electron chi connectivity index (χ1n) is 8.12. The Kier molecular flexibility index (Phi) is 2.74. The van der Waals surface area contributed by atoms with Crippen LogP contribution in [0.4, 0.5) is 0 Å². The Balaban J connectivity index is 1.89. The minimum absolute atomic E-state index is 0.839. The first-order valence-corrected chi connectivity index (χ1v) is 8.12. The second-order valence-electron chi connectivity index (χ2n) is 6.23. The first kappa shape index (κ1) is 14.1. The lowest BCUT2D eigenvalue weighted by molar-refractivity contribution is 0.415. The lowest BCUT2D eigenvalue weighted by Gasteiger charge is -2.02. The molecule has 0 fully saturated rings. The highest BCUT2D eigenvalue weighted by Gasteiger charge is 2.18. The summed E-state index contributed by atoms with van der Waals surface area (Å²) < 4.78 is 9.67. The quantitative estimate of drug-likeness (QED) is 0.537. The molecule has 0 atom stereocenters. The van der Waals surface area contributed by atoms with E-state index in [-0.39, 0.29) is 0 Å². The van der Waals surface area contributed by atoms with Crippen molar-refractivity contribution < 1.29 is 4.74 Å². The van der Waals surface area contributed by atoms with Crippen LogP contribution in [-0.2, 0) is 7.05 Å². The fourth-order valence-electron chi connectivity index (χ4n) is 3.62. The number of hydrogen-bond donors (Lipinski definition) is 1. The van der Waals surface area contributed by atoms with Gasteiger partial charge in [0.15, 0.2) is 5.65 Å². The third kappa shape index (κ3) is 1.85. The number of H-pyrrole nitrogens is 1. The Hall–Kier alpha value is -3.28. The average molecular weight is 331 g/mol. The van der Waals surface area contributed by atoms with Crippen molar-refractivity contribution in [2.45, 2.75) is 6.92 Å². The molecule has 6 heteroatoms. The van der Waals surface area contributed by atoms with Gasteiger partial charge in [-0.05, 0) is 31.2 Å². The Bertz CT molecular complexity index is 1260. The number of rotatable bonds is 2. The molecule has 25 heavy (non-hydrogen) atoms. The average Bonchev–Trinajstić information content (AvgIpc) is 3.30. The topological polar surface area (TPSA) is 60.1 Å². The summed E-state index contributed by atoms with van der Waals surface area (Å²) in [7, 11) is 3.73. The summed E-state index contributed by atoms with van der Waals surface area (Å²) in [5.41, 5.74) is 6.06. The summed E-state index contributed by atoms with van der Waals surface area (Å²) in [5, 5.41) is 1.12. The zero-order valence-corrected chi connectivity index (χ0v) is 14.2. The van der Waals surface area contributed by atoms with E-state index in [1.54, 1.807) is 7.11 Å². The normalized spacial score (nSPS) is 11.8. The number of fused-ring (bicyclic) bond motifs is 4. The molecular weight excluding hydrogens is 314 g/mol. The van der Waals surface area contributed by atoms with Crippen LogP contribution in [0.5, 0.6) is 5.75 Å². The van der Waals surface area contributed by atoms with Crippen molar-refractivity contribution in [3.05, 3.63) is 48.7 Å². The van der Waals surface area contributed by atoms with Gasteiger partial charge in [0, 0.05) is 35.9 Å². The summed E-state index contributed by atoms with van der Waals surface area (Å²) in [5.74, 6) is 1.78. The molecule has 6 nitrogen and oxygen atoms in total. The molecule has 0 saturated heterocycles. The monoisotopic (exact) mass is 331 g/mol. The molecule has 124 valence electrons. The Morgan fingerprint density at radius 1 is 1.12 bits per heavy atom. The van der Waals surface area contributed by atoms with Gasteiger partial charge < -0.3 is 14.3 Å². The van der Waals surface area contributed by atoms with Crippen LogP contribution in [0, 0.1) is 6.92 Å². The SMILES string of the molecule is COc1ccc2c(c1)c(-c1nc(C)n3c1cnc1[nH]ccc13)cn2C. The molecule has 1 N–H and O–H groups in total. The van der Waals surface area contributed by atoms with Gasteiger partial charge in [-0.1, -0.05) is 0 Å². The van der Waals surface area contributed by atoms with Gasteiger partial charge in [0.1, 0.15) is 17.3 Å². The van der Waals surface area contributed by atoms with Crippen LogP contribution in [0.15, 0.2) is 42.9 Å². The summed E-state index contributed by atoms with van der Waals surface area (Å²) in [4.78, 5) is 12.6. The highest BCUT2D eigenvalue weighted by atomic mass is 16.5. The lowest BCUT2D eigenvalue weighted by Crippen LogP contribution is -1.90. The van der Waals surface area contributed by atoms with Crippen LogP contribution in [0.1, 0.15) is 5.82 Å². The second kappa shape index (κ2) is 4.86. The number of nitrogens with one attached hydrogen (secondary N) is 1. The number of hydrogen-bond acceptors (Lipinski definition) is 3. The van der Waals surface area contributed by atoms with Gasteiger partial charge in [0.05, 0.1) is 24.3 Å². The maximum atomic E-state index is 5.41. The molecule has 0 unspecified atom stereocenters. The van der Waals surface area contributed by atoms with E-state index in [1.165, 1.54) is 0 Å². The van der Waals surface area contributed by atoms with E-state index in [0.29, 0.717) is 0 Å². The summed E-state index contributed by atoms with van der Waals surface area (Å²) >= 11 is 0. The van der Waals surface area contributed by atoms with Crippen LogP contribution in [0.2, 0.25) is 0 Å². The zero-order valence-electron chi connectivity index (χ0n) is 14.2. The molecule has 0 aliphatic heterocycles. The van der Waals surface area contributed by atoms with Crippen molar-refractivity contribution in [3.8, 4) is 17.0 Å². The fourth-order valence-corrected chi connectivity index (χ4v) is 3.62. The second-order valence-corrected chi connectivity index (χ2v) is 6.23. The third-order valence-corrected chi connectivity index (χ3v) is 4.79. The van der Waals surface area contributed by atoms with E-state index in [0.717, 1.165) is 50.4 Å². The van der Waals surface area contributed by atoms with Gasteiger partial charge in [0.25, 0.3) is 0 Å². The number of aryl methyl sites for hydroxylation is 2. The molecule has 0 radical (unpaired) electrons. The van der Waals surface area contributed by atoms with E-state index >= 15 is 0 Å². The maximum Gasteiger partial charge on any atom is 0.154 e. The fraction of sp³-hybridized carbons (Fsp3) is 0.158. The van der Waals surface area contributed by atoms with Crippen LogP contribution < -0.4 is 4.74 Å². The summed E-state index contributed by atoms with van der Waals surface area (Å²) in [6.07, 6.45) is 5.90. The number of ether oxygens (including phenoxy) is 1. The van der Waals surface area contributed by atoms with Gasteiger partial charge >= 0.3 is 0 Å². The summed E-state index contributed by atoms with van der Waals surface area (Å²) in [6, 6.07) is 8.15. The largest absolute Gasteiger partial charge is 0.497 e. The van der Waals surface area contributed by atoms with E-state index in [1.807, 2.05) is 38.5 Å². The standard InChI is InChI=1S/C19H17N5O/c1-11-22-18(17-9-21-19-16(24(11)17)6-7-20-19)14-10-23(2)15-5-4-12(25-3)8-13(14)15/h4-10,20H,1-3H3. The van der Waals surface area contributed by atoms with Crippen LogP contribution in [0.25, 0.3) is 38.8 Å². The minimum atomic E-state index is 0.839. The number of imidazole rings is 1. The van der Waals surface area contributed by atoms with Gasteiger partial charge in [0.2, 0.25) is 0 Å². The van der Waals surface area contributed by atoms with Crippen molar-refractivity contribution in [2.24, 2.45) is 7.05 Å². The number of aromatic nitrogens is 5. The molecule has 0 bridgehead atoms. The maximum absolute atomic E-state index is 5.41. The van der Waals surface area contributed by atoms with E-state index < -0.39 is 0 Å². The van der Waals surface area contributed by atoms with Gasteiger partial charge in [-0.25, -0.2) is 9.97 Å². The van der Waals surface area contributed by atoms with Crippen molar-refractivity contribution in [1.29, 1.82) is 0 Å².